The summed E-state index contributed by atoms with van der Waals surface area (Å²) in [6.07, 6.45) is -2.03. The van der Waals surface area contributed by atoms with Crippen molar-refractivity contribution >= 4 is 36.0 Å². The molecule has 0 aromatic heterocycles. The van der Waals surface area contributed by atoms with Crippen molar-refractivity contribution in [2.75, 3.05) is 4.90 Å². The zero-order valence-corrected chi connectivity index (χ0v) is 20.2. The van der Waals surface area contributed by atoms with E-state index in [1.807, 2.05) is 0 Å². The van der Waals surface area contributed by atoms with Crippen molar-refractivity contribution in [3.8, 4) is 5.75 Å². The van der Waals surface area contributed by atoms with Gasteiger partial charge < -0.3 is 9.47 Å². The fourth-order valence-corrected chi connectivity index (χ4v) is 4.59. The van der Waals surface area contributed by atoms with Gasteiger partial charge in [0.15, 0.2) is 17.5 Å². The number of anilines is 1. The minimum atomic E-state index is -2.57. The lowest BCUT2D eigenvalue weighted by Gasteiger charge is -2.27. The Bertz CT molecular complexity index is 1300. The van der Waals surface area contributed by atoms with E-state index in [0.29, 0.717) is 4.90 Å². The number of rotatable bonds is 5. The first-order valence-electron chi connectivity index (χ1n) is 9.88. The highest BCUT2D eigenvalue weighted by molar-refractivity contribution is 8.42. The highest BCUT2D eigenvalue weighted by atomic mass is 32.9. The van der Waals surface area contributed by atoms with Crippen LogP contribution in [0.15, 0.2) is 52.6 Å². The van der Waals surface area contributed by atoms with Gasteiger partial charge in [0.05, 0.1) is 5.55 Å². The maximum atomic E-state index is 15.2. The predicted molar refractivity (Wildman–Crippen MR) is 123 cm³/mol. The van der Waals surface area contributed by atoms with E-state index in [-0.39, 0.29) is 17.1 Å². The number of hydrogen-bond donors (Lipinski definition) is 0. The van der Waals surface area contributed by atoms with Gasteiger partial charge in [-0.15, -0.1) is 0 Å². The van der Waals surface area contributed by atoms with Gasteiger partial charge >= 0.3 is 6.09 Å². The van der Waals surface area contributed by atoms with Crippen LogP contribution in [-0.4, -0.2) is 25.7 Å². The molecule has 1 aliphatic rings. The number of benzene rings is 2. The Morgan fingerprint density at radius 2 is 1.71 bits per heavy atom. The second-order valence-electron chi connectivity index (χ2n) is 8.08. The molecular formula is C22H21F3N2O5S2. The molecule has 0 N–H and O–H groups in total. The molecule has 0 saturated heterocycles. The van der Waals surface area contributed by atoms with Gasteiger partial charge in [-0.1, -0.05) is 18.2 Å². The summed E-state index contributed by atoms with van der Waals surface area (Å²) in [6.45, 7) is 6.18. The van der Waals surface area contributed by atoms with Crippen LogP contribution in [0.5, 0.6) is 5.75 Å². The Morgan fingerprint density at radius 1 is 1.09 bits per heavy atom. The van der Waals surface area contributed by atoms with Crippen LogP contribution < -0.4 is 9.64 Å². The monoisotopic (exact) mass is 514 g/mol. The van der Waals surface area contributed by atoms with Crippen molar-refractivity contribution in [3.63, 3.8) is 0 Å². The van der Waals surface area contributed by atoms with E-state index in [2.05, 4.69) is 4.99 Å². The molecule has 0 radical (unpaired) electrons. The standard InChI is InChI=1S/C22H21F3N2O5S2/c1-13(15-7-5-6-8-16(15)23)31-14-9-17(24)20(18(25)10-14)27(21(28)32-22(2,3)4)19-11-33(12-26-19)34(29)30/h5-13H,1-4H3/t13?,33-/m0/s1. The molecule has 0 saturated carbocycles. The minimum Gasteiger partial charge on any atom is -0.486 e. The second-order valence-corrected chi connectivity index (χ2v) is 11.6. The lowest BCUT2D eigenvalue weighted by Crippen LogP contribution is -2.36. The number of hydrogen-bond acceptors (Lipinski definition) is 6. The fourth-order valence-electron chi connectivity index (χ4n) is 2.96. The van der Waals surface area contributed by atoms with Crippen molar-refractivity contribution in [1.29, 1.82) is 0 Å². The summed E-state index contributed by atoms with van der Waals surface area (Å²) in [5, 5.41) is 1.08. The van der Waals surface area contributed by atoms with Gasteiger partial charge in [0.1, 0.15) is 29.0 Å². The number of carbonyl (C=O) groups is 1. The molecule has 0 fully saturated rings. The number of ether oxygens (including phenoxy) is 2. The average Bonchev–Trinajstić information content (AvgIpc) is 3.19. The van der Waals surface area contributed by atoms with Crippen LogP contribution in [0.4, 0.5) is 23.7 Å². The highest BCUT2D eigenvalue weighted by Crippen LogP contribution is 2.34. The third-order valence-corrected chi connectivity index (χ3v) is 6.90. The first-order valence-corrected chi connectivity index (χ1v) is 12.8. The van der Waals surface area contributed by atoms with Gasteiger partial charge in [0.25, 0.3) is 0 Å². The molecule has 1 aliphatic heterocycles. The third-order valence-electron chi connectivity index (χ3n) is 4.34. The number of aliphatic imine (C=N–C) groups is 1. The summed E-state index contributed by atoms with van der Waals surface area (Å²) in [5.41, 5.74) is -0.623. The van der Waals surface area contributed by atoms with Crippen LogP contribution in [0.2, 0.25) is 0 Å². The molecule has 3 rings (SSSR count). The maximum Gasteiger partial charge on any atom is 0.420 e. The number of amides is 1. The summed E-state index contributed by atoms with van der Waals surface area (Å²) in [5.74, 6) is -3.50. The Balaban J connectivity index is 2.02. The average molecular weight is 515 g/mol. The Hall–Kier alpha value is -3.12. The molecule has 0 aliphatic carbocycles. The molecular weight excluding hydrogens is 493 g/mol. The minimum absolute atomic E-state index is 0.186. The van der Waals surface area contributed by atoms with Crippen LogP contribution in [0.3, 0.4) is 0 Å². The molecule has 2 aromatic rings. The Kier molecular flexibility index (Phi) is 7.51. The summed E-state index contributed by atoms with van der Waals surface area (Å²) in [6, 6.07) is 7.47. The SMILES string of the molecule is CC(Oc1cc(F)c(N(C(=O)OC(C)(C)C)C2=C[S@](=S(=O)=O)C=N2)c(F)c1)c1ccccc1F. The number of carbonyl (C=O) groups excluding carboxylic acids is 1. The lowest BCUT2D eigenvalue weighted by atomic mass is 10.1. The van der Waals surface area contributed by atoms with Crippen LogP contribution in [0.1, 0.15) is 39.4 Å². The Labute approximate surface area is 197 Å². The highest BCUT2D eigenvalue weighted by Gasteiger charge is 2.33. The maximum absolute atomic E-state index is 15.2. The van der Waals surface area contributed by atoms with Crippen molar-refractivity contribution < 1.29 is 35.9 Å². The molecule has 182 valence electrons. The molecule has 2 aromatic carbocycles. The number of halogens is 3. The van der Waals surface area contributed by atoms with Gasteiger partial charge in [0, 0.05) is 32.6 Å². The van der Waals surface area contributed by atoms with E-state index in [4.69, 9.17) is 9.47 Å². The van der Waals surface area contributed by atoms with Gasteiger partial charge in [-0.05, 0) is 33.8 Å². The van der Waals surface area contributed by atoms with E-state index in [1.165, 1.54) is 25.1 Å². The van der Waals surface area contributed by atoms with Crippen LogP contribution in [-0.2, 0) is 23.5 Å². The molecule has 1 amide bonds. The number of nitrogens with zero attached hydrogens (tertiary/aromatic N) is 2. The largest absolute Gasteiger partial charge is 0.486 e. The molecule has 0 bridgehead atoms. The van der Waals surface area contributed by atoms with E-state index < -0.39 is 59.7 Å². The summed E-state index contributed by atoms with van der Waals surface area (Å²) >= 11 is 0. The summed E-state index contributed by atoms with van der Waals surface area (Å²) in [4.78, 5) is 17.2. The first kappa shape index (κ1) is 25.5. The molecule has 1 unspecified atom stereocenters. The smallest absolute Gasteiger partial charge is 0.420 e. The topological polar surface area (TPSA) is 85.3 Å². The Morgan fingerprint density at radius 3 is 2.24 bits per heavy atom. The van der Waals surface area contributed by atoms with Gasteiger partial charge in [-0.3, -0.25) is 0 Å². The molecule has 2 atom stereocenters. The zero-order valence-electron chi connectivity index (χ0n) is 18.6. The van der Waals surface area contributed by atoms with E-state index in [1.54, 1.807) is 26.8 Å². The summed E-state index contributed by atoms with van der Waals surface area (Å²) in [7, 11) is -4.06. The first-order chi connectivity index (χ1) is 15.9. The third kappa shape index (κ3) is 5.86. The molecule has 12 heteroatoms. The lowest BCUT2D eigenvalue weighted by molar-refractivity contribution is 0.0589. The van der Waals surface area contributed by atoms with Crippen LogP contribution >= 0.6 is 0 Å². The quantitative estimate of drug-likeness (QED) is 0.545. The normalized spacial score (nSPS) is 16.1. The second kappa shape index (κ2) is 10.0. The summed E-state index contributed by atoms with van der Waals surface area (Å²) < 4.78 is 77.6. The van der Waals surface area contributed by atoms with Gasteiger partial charge in [-0.25, -0.2) is 27.9 Å². The molecule has 7 nitrogen and oxygen atoms in total. The van der Waals surface area contributed by atoms with Crippen molar-refractivity contribution in [3.05, 3.63) is 70.6 Å². The van der Waals surface area contributed by atoms with Gasteiger partial charge in [0.2, 0.25) is 9.26 Å². The van der Waals surface area contributed by atoms with Crippen molar-refractivity contribution in [1.82, 2.24) is 0 Å². The van der Waals surface area contributed by atoms with Crippen LogP contribution in [0.25, 0.3) is 0 Å². The molecule has 1 heterocycles. The molecule has 0 spiro atoms. The van der Waals surface area contributed by atoms with E-state index >= 15 is 8.78 Å². The van der Waals surface area contributed by atoms with Gasteiger partial charge in [-0.2, -0.15) is 8.42 Å². The fraction of sp³-hybridized carbons (Fsp3) is 0.273. The van der Waals surface area contributed by atoms with E-state index in [9.17, 15) is 17.6 Å². The van der Waals surface area contributed by atoms with Crippen molar-refractivity contribution in [2.45, 2.75) is 39.4 Å². The van der Waals surface area contributed by atoms with Crippen molar-refractivity contribution in [2.24, 2.45) is 4.99 Å². The van der Waals surface area contributed by atoms with E-state index in [0.717, 1.165) is 23.1 Å². The van der Waals surface area contributed by atoms with Crippen LogP contribution in [0, 0.1) is 17.5 Å². The predicted octanol–water partition coefficient (Wildman–Crippen LogP) is 5.24. The molecule has 34 heavy (non-hydrogen) atoms. The zero-order chi connectivity index (χ0) is 25.2.